The lowest BCUT2D eigenvalue weighted by Gasteiger charge is -2.39. The molecule has 4 aromatic carbocycles. The molecule has 6 atom stereocenters. The Bertz CT molecular complexity index is 2850. The normalized spacial score (nSPS) is 32.3. The highest BCUT2D eigenvalue weighted by molar-refractivity contribution is 9.10. The summed E-state index contributed by atoms with van der Waals surface area (Å²) in [6.45, 7) is 0. The first-order valence-corrected chi connectivity index (χ1v) is 29.6. The van der Waals surface area contributed by atoms with E-state index >= 15 is 0 Å². The molecule has 6 aliphatic rings. The molecule has 62 heavy (non-hydrogen) atoms. The second-order valence-electron chi connectivity index (χ2n) is 16.8. The van der Waals surface area contributed by atoms with Gasteiger partial charge in [0.1, 0.15) is 0 Å². The maximum atomic E-state index is 13.5. The number of alkyl halides is 4. The number of sulfone groups is 4. The topological polar surface area (TPSA) is 137 Å². The lowest BCUT2D eigenvalue weighted by atomic mass is 9.70. The van der Waals surface area contributed by atoms with Gasteiger partial charge < -0.3 is 0 Å². The van der Waals surface area contributed by atoms with Crippen LogP contribution in [0.3, 0.4) is 0 Å². The van der Waals surface area contributed by atoms with E-state index in [1.54, 1.807) is 121 Å². The maximum absolute atomic E-state index is 13.5. The summed E-state index contributed by atoms with van der Waals surface area (Å²) in [6.07, 6.45) is 12.0. The Kier molecular flexibility index (Phi) is 11.3. The van der Waals surface area contributed by atoms with Crippen molar-refractivity contribution in [2.75, 3.05) is 0 Å². The molecule has 8 nitrogen and oxygen atoms in total. The molecule has 16 heteroatoms. The standard InChI is InChI=1S/2C23H20Br2O4S2/c24-20-18(30(26,27)16-8-3-1-4-9-16)14-22-12-7-13-23(20,22)15-19(21(22)25)31(28,29)17-10-5-2-6-11-17;24-20-18(30(26,27)16-8-3-1-4-9-16)14-22-12-7-13-23(20,22)21(25)19(15-22)31(28,29)17-10-5-2-6-11-17/h2*1-6,8-11,14-15,20-21H,7,12-13H2/t20?,21?,22-,23-;/m0./s1. The summed E-state index contributed by atoms with van der Waals surface area (Å²) in [7, 11) is -14.8. The summed E-state index contributed by atoms with van der Waals surface area (Å²) in [5, 5.41) is 0. The predicted molar refractivity (Wildman–Crippen MR) is 255 cm³/mol. The number of benzene rings is 4. The zero-order valence-electron chi connectivity index (χ0n) is 32.8. The summed E-state index contributed by atoms with van der Waals surface area (Å²) in [5.41, 5.74) is -2.41. The van der Waals surface area contributed by atoms with Gasteiger partial charge in [-0.25, -0.2) is 33.7 Å². The van der Waals surface area contributed by atoms with Crippen LogP contribution in [0, 0.1) is 21.7 Å². The van der Waals surface area contributed by atoms with Gasteiger partial charge in [0.15, 0.2) is 0 Å². The van der Waals surface area contributed by atoms with Crippen molar-refractivity contribution < 1.29 is 33.7 Å². The Morgan fingerprint density at radius 1 is 0.355 bits per heavy atom. The number of rotatable bonds is 8. The third-order valence-corrected chi connectivity index (χ3v) is 27.9. The molecule has 0 spiro atoms. The first-order chi connectivity index (χ1) is 29.3. The molecule has 0 aliphatic heterocycles. The third kappa shape index (κ3) is 6.26. The van der Waals surface area contributed by atoms with Crippen LogP contribution in [0.25, 0.3) is 0 Å². The van der Waals surface area contributed by atoms with E-state index in [-0.39, 0.29) is 19.6 Å². The van der Waals surface area contributed by atoms with Crippen LogP contribution in [0.4, 0.5) is 0 Å². The lowest BCUT2D eigenvalue weighted by molar-refractivity contribution is 0.235. The van der Waals surface area contributed by atoms with Gasteiger partial charge in [-0.15, -0.1) is 0 Å². The molecule has 324 valence electrons. The van der Waals surface area contributed by atoms with Crippen molar-refractivity contribution in [1.29, 1.82) is 0 Å². The van der Waals surface area contributed by atoms with Crippen molar-refractivity contribution >= 4 is 103 Å². The van der Waals surface area contributed by atoms with Crippen molar-refractivity contribution in [3.63, 3.8) is 0 Å². The van der Waals surface area contributed by atoms with E-state index in [1.807, 2.05) is 24.3 Å². The van der Waals surface area contributed by atoms with Crippen LogP contribution in [0.15, 0.2) is 185 Å². The van der Waals surface area contributed by atoms with E-state index in [9.17, 15) is 33.7 Å². The number of hydrogen-bond donors (Lipinski definition) is 0. The molecule has 6 aliphatic carbocycles. The van der Waals surface area contributed by atoms with E-state index in [0.717, 1.165) is 38.5 Å². The van der Waals surface area contributed by atoms with E-state index in [1.165, 1.54) is 0 Å². The number of allylic oxidation sites excluding steroid dienone is 8. The molecule has 0 amide bonds. The molecule has 0 heterocycles. The molecule has 0 bridgehead atoms. The summed E-state index contributed by atoms with van der Waals surface area (Å²) >= 11 is 14.9. The molecule has 0 radical (unpaired) electrons. The minimum atomic E-state index is -3.70. The van der Waals surface area contributed by atoms with Crippen LogP contribution in [-0.2, 0) is 39.3 Å². The van der Waals surface area contributed by atoms with Crippen molar-refractivity contribution in [2.45, 2.75) is 77.4 Å². The number of hydrogen-bond acceptors (Lipinski definition) is 8. The molecule has 0 N–H and O–H groups in total. The van der Waals surface area contributed by atoms with E-state index in [4.69, 9.17) is 0 Å². The second-order valence-corrected chi connectivity index (χ2v) is 28.2. The zero-order chi connectivity index (χ0) is 44.1. The molecule has 4 aromatic rings. The van der Waals surface area contributed by atoms with Crippen LogP contribution in [0.5, 0.6) is 0 Å². The van der Waals surface area contributed by atoms with Gasteiger partial charge in [-0.2, -0.15) is 0 Å². The highest BCUT2D eigenvalue weighted by Crippen LogP contribution is 2.74. The SMILES string of the molecule is O=S(=O)(C1=CC23C=C(S(=O)(=O)c4ccccc4)C(Br)C2(CCC3)C1Br)c1ccccc1.O=S(=O)(C1=C[C@]23CCC[C@]2(C=C(S(=O)(=O)c2ccccc2)C3Br)C1Br)c1ccccc1. The zero-order valence-corrected chi connectivity index (χ0v) is 42.4. The van der Waals surface area contributed by atoms with Crippen LogP contribution in [-0.4, -0.2) is 53.0 Å². The van der Waals surface area contributed by atoms with Gasteiger partial charge in [0.05, 0.1) is 58.5 Å². The van der Waals surface area contributed by atoms with E-state index < -0.39 is 80.3 Å². The molecule has 10 rings (SSSR count). The monoisotopic (exact) mass is 1160 g/mol. The molecule has 4 unspecified atom stereocenters. The molecular weight excluding hydrogens is 1130 g/mol. The van der Waals surface area contributed by atoms with Crippen LogP contribution >= 0.6 is 63.7 Å². The lowest BCUT2D eigenvalue weighted by Crippen LogP contribution is -2.42. The molecule has 0 aromatic heterocycles. The fourth-order valence-electron chi connectivity index (χ4n) is 11.0. The third-order valence-electron chi connectivity index (χ3n) is 14.0. The highest BCUT2D eigenvalue weighted by atomic mass is 79.9. The van der Waals surface area contributed by atoms with Gasteiger partial charge in [0.25, 0.3) is 0 Å². The van der Waals surface area contributed by atoms with Crippen LogP contribution in [0.1, 0.15) is 38.5 Å². The van der Waals surface area contributed by atoms with Crippen molar-refractivity contribution in [1.82, 2.24) is 0 Å². The Balaban J connectivity index is 0.000000158. The van der Waals surface area contributed by atoms with Gasteiger partial charge in [-0.05, 0) is 74.2 Å². The van der Waals surface area contributed by atoms with Crippen LogP contribution < -0.4 is 0 Å². The Morgan fingerprint density at radius 2 is 0.629 bits per heavy atom. The van der Waals surface area contributed by atoms with Gasteiger partial charge >= 0.3 is 0 Å². The maximum Gasteiger partial charge on any atom is 0.203 e. The minimum Gasteiger partial charge on any atom is -0.219 e. The average molecular weight is 1170 g/mol. The molecule has 2 fully saturated rings. The Labute approximate surface area is 397 Å². The van der Waals surface area contributed by atoms with E-state index in [2.05, 4.69) is 63.7 Å². The largest absolute Gasteiger partial charge is 0.219 e. The predicted octanol–water partition coefficient (Wildman–Crippen LogP) is 10.8. The second kappa shape index (κ2) is 15.6. The summed E-state index contributed by atoms with van der Waals surface area (Å²) < 4.78 is 108. The van der Waals surface area contributed by atoms with Gasteiger partial charge in [0.2, 0.25) is 39.3 Å². The van der Waals surface area contributed by atoms with Crippen LogP contribution in [0.2, 0.25) is 0 Å². The smallest absolute Gasteiger partial charge is 0.203 e. The van der Waals surface area contributed by atoms with E-state index in [0.29, 0.717) is 19.6 Å². The highest BCUT2D eigenvalue weighted by Gasteiger charge is 2.71. The Hall–Kier alpha value is -2.44. The Morgan fingerprint density at radius 3 is 0.919 bits per heavy atom. The fourth-order valence-corrected chi connectivity index (χ4v) is 24.8. The van der Waals surface area contributed by atoms with Crippen molar-refractivity contribution in [2.24, 2.45) is 21.7 Å². The molecular formula is C46H40Br4O8S4. The quantitative estimate of drug-likeness (QED) is 0.159. The summed E-state index contributed by atoms with van der Waals surface area (Å²) in [4.78, 5) is 0.372. The van der Waals surface area contributed by atoms with Crippen molar-refractivity contribution in [3.05, 3.63) is 165 Å². The van der Waals surface area contributed by atoms with Crippen molar-refractivity contribution in [3.8, 4) is 0 Å². The average Bonchev–Trinajstić information content (AvgIpc) is 4.07. The first kappa shape index (κ1) is 44.7. The first-order valence-electron chi connectivity index (χ1n) is 20.0. The fraction of sp³-hybridized carbons (Fsp3) is 0.304. The van der Waals surface area contributed by atoms with Gasteiger partial charge in [-0.3, -0.25) is 0 Å². The van der Waals surface area contributed by atoms with Gasteiger partial charge in [-0.1, -0.05) is 174 Å². The summed E-state index contributed by atoms with van der Waals surface area (Å²) in [5.74, 6) is 0. The van der Waals surface area contributed by atoms with Gasteiger partial charge in [0, 0.05) is 21.7 Å². The number of halogens is 4. The minimum absolute atomic E-state index is 0.253. The molecule has 2 saturated carbocycles. The summed E-state index contributed by atoms with van der Waals surface area (Å²) in [6, 6.07) is 33.6. The molecule has 0 saturated heterocycles.